The number of rotatable bonds is 5. The molecule has 2 nitrogen and oxygen atoms in total. The molecule has 0 radical (unpaired) electrons. The van der Waals surface area contributed by atoms with E-state index in [0.29, 0.717) is 5.75 Å². The van der Waals surface area contributed by atoms with Crippen LogP contribution in [0.4, 0.5) is 5.69 Å². The molecule has 0 aliphatic rings. The van der Waals surface area contributed by atoms with Crippen LogP contribution in [-0.2, 0) is 0 Å². The standard InChI is InChI=1S/C15H19NO/c1-2-3-4-11-16-14-9-5-8-13-12(14)7-6-10-15(13)17/h5-10,16-17H,2-4,11H2,1H3. The van der Waals surface area contributed by atoms with Crippen molar-refractivity contribution < 1.29 is 5.11 Å². The smallest absolute Gasteiger partial charge is 0.123 e. The van der Waals surface area contributed by atoms with Crippen molar-refractivity contribution in [2.45, 2.75) is 26.2 Å². The fourth-order valence-corrected chi connectivity index (χ4v) is 2.05. The molecule has 0 aromatic heterocycles. The quantitative estimate of drug-likeness (QED) is 0.755. The van der Waals surface area contributed by atoms with E-state index in [-0.39, 0.29) is 0 Å². The molecular weight excluding hydrogens is 210 g/mol. The van der Waals surface area contributed by atoms with Crippen molar-refractivity contribution in [2.75, 3.05) is 11.9 Å². The number of benzene rings is 2. The number of unbranched alkanes of at least 4 members (excludes halogenated alkanes) is 2. The lowest BCUT2D eigenvalue weighted by Crippen LogP contribution is -2.01. The van der Waals surface area contributed by atoms with Gasteiger partial charge >= 0.3 is 0 Å². The third-order valence-corrected chi connectivity index (χ3v) is 2.99. The minimum atomic E-state index is 0.347. The Labute approximate surface area is 102 Å². The summed E-state index contributed by atoms with van der Waals surface area (Å²) in [5, 5.41) is 15.2. The van der Waals surface area contributed by atoms with Gasteiger partial charge in [0.1, 0.15) is 5.75 Å². The molecule has 2 heteroatoms. The topological polar surface area (TPSA) is 32.3 Å². The Balaban J connectivity index is 2.19. The van der Waals surface area contributed by atoms with E-state index in [9.17, 15) is 5.11 Å². The summed E-state index contributed by atoms with van der Waals surface area (Å²) in [4.78, 5) is 0. The number of nitrogens with one attached hydrogen (secondary N) is 1. The molecule has 0 fully saturated rings. The van der Waals surface area contributed by atoms with E-state index in [4.69, 9.17) is 0 Å². The molecule has 0 amide bonds. The molecule has 0 atom stereocenters. The van der Waals surface area contributed by atoms with Gasteiger partial charge in [-0.2, -0.15) is 0 Å². The molecule has 2 aromatic carbocycles. The molecule has 0 spiro atoms. The fourth-order valence-electron chi connectivity index (χ4n) is 2.05. The summed E-state index contributed by atoms with van der Waals surface area (Å²) in [6.45, 7) is 3.19. The largest absolute Gasteiger partial charge is 0.507 e. The third kappa shape index (κ3) is 2.70. The van der Waals surface area contributed by atoms with Gasteiger partial charge in [-0.3, -0.25) is 0 Å². The van der Waals surface area contributed by atoms with Gasteiger partial charge in [0.15, 0.2) is 0 Å². The maximum Gasteiger partial charge on any atom is 0.123 e. The summed E-state index contributed by atoms with van der Waals surface area (Å²) in [5.74, 6) is 0.347. The first-order chi connectivity index (χ1) is 8.33. The molecule has 0 bridgehead atoms. The van der Waals surface area contributed by atoms with Crippen LogP contribution in [0.15, 0.2) is 36.4 Å². The number of anilines is 1. The number of aromatic hydroxyl groups is 1. The first kappa shape index (κ1) is 11.8. The molecule has 2 aromatic rings. The zero-order chi connectivity index (χ0) is 12.1. The molecular formula is C15H19NO. The maximum atomic E-state index is 9.78. The van der Waals surface area contributed by atoms with Gasteiger partial charge in [0, 0.05) is 23.0 Å². The molecule has 0 saturated carbocycles. The van der Waals surface area contributed by atoms with Gasteiger partial charge in [-0.05, 0) is 18.6 Å². The highest BCUT2D eigenvalue weighted by Gasteiger charge is 2.02. The molecule has 0 heterocycles. The Morgan fingerprint density at radius 2 is 1.76 bits per heavy atom. The third-order valence-electron chi connectivity index (χ3n) is 2.99. The van der Waals surface area contributed by atoms with Crippen LogP contribution in [-0.4, -0.2) is 11.7 Å². The number of hydrogen-bond acceptors (Lipinski definition) is 2. The highest BCUT2D eigenvalue weighted by molar-refractivity contribution is 5.97. The van der Waals surface area contributed by atoms with Crippen LogP contribution in [0, 0.1) is 0 Å². The lowest BCUT2D eigenvalue weighted by Gasteiger charge is -2.10. The van der Waals surface area contributed by atoms with E-state index in [1.165, 1.54) is 19.3 Å². The molecule has 0 unspecified atom stereocenters. The van der Waals surface area contributed by atoms with E-state index in [1.54, 1.807) is 6.07 Å². The van der Waals surface area contributed by atoms with Crippen molar-refractivity contribution in [3.8, 4) is 5.75 Å². The van der Waals surface area contributed by atoms with Gasteiger partial charge in [-0.25, -0.2) is 0 Å². The minimum absolute atomic E-state index is 0.347. The first-order valence-electron chi connectivity index (χ1n) is 6.27. The molecule has 2 rings (SSSR count). The average molecular weight is 229 g/mol. The second kappa shape index (κ2) is 5.58. The summed E-state index contributed by atoms with van der Waals surface area (Å²) in [6.07, 6.45) is 3.67. The zero-order valence-electron chi connectivity index (χ0n) is 10.2. The van der Waals surface area contributed by atoms with Crippen LogP contribution in [0.2, 0.25) is 0 Å². The Hall–Kier alpha value is -1.70. The Bertz CT molecular complexity index is 493. The Morgan fingerprint density at radius 1 is 1.00 bits per heavy atom. The molecule has 0 saturated heterocycles. The minimum Gasteiger partial charge on any atom is -0.507 e. The van der Waals surface area contributed by atoms with Gasteiger partial charge in [0.2, 0.25) is 0 Å². The van der Waals surface area contributed by atoms with Crippen LogP contribution in [0.25, 0.3) is 10.8 Å². The van der Waals surface area contributed by atoms with Crippen molar-refractivity contribution in [3.05, 3.63) is 36.4 Å². The van der Waals surface area contributed by atoms with E-state index < -0.39 is 0 Å². The van der Waals surface area contributed by atoms with Gasteiger partial charge < -0.3 is 10.4 Å². The number of fused-ring (bicyclic) bond motifs is 1. The van der Waals surface area contributed by atoms with Gasteiger partial charge in [0.05, 0.1) is 0 Å². The molecule has 2 N–H and O–H groups in total. The van der Waals surface area contributed by atoms with E-state index >= 15 is 0 Å². The Kier molecular flexibility index (Phi) is 3.86. The maximum absolute atomic E-state index is 9.78. The number of phenolic OH excluding ortho intramolecular Hbond substituents is 1. The summed E-state index contributed by atoms with van der Waals surface area (Å²) in [5.41, 5.74) is 1.11. The van der Waals surface area contributed by atoms with E-state index in [0.717, 1.165) is 23.0 Å². The predicted octanol–water partition coefficient (Wildman–Crippen LogP) is 4.15. The normalized spacial score (nSPS) is 10.6. The molecule has 0 aliphatic carbocycles. The molecule has 90 valence electrons. The highest BCUT2D eigenvalue weighted by Crippen LogP contribution is 2.29. The predicted molar refractivity (Wildman–Crippen MR) is 73.6 cm³/mol. The summed E-state index contributed by atoms with van der Waals surface area (Å²) in [6, 6.07) is 11.6. The lowest BCUT2D eigenvalue weighted by molar-refractivity contribution is 0.481. The zero-order valence-corrected chi connectivity index (χ0v) is 10.2. The van der Waals surface area contributed by atoms with Crippen LogP contribution >= 0.6 is 0 Å². The molecule has 17 heavy (non-hydrogen) atoms. The summed E-state index contributed by atoms with van der Waals surface area (Å²) < 4.78 is 0. The van der Waals surface area contributed by atoms with Crippen molar-refractivity contribution in [1.82, 2.24) is 0 Å². The van der Waals surface area contributed by atoms with E-state index in [2.05, 4.69) is 18.3 Å². The molecule has 0 aliphatic heterocycles. The first-order valence-corrected chi connectivity index (χ1v) is 6.27. The summed E-state index contributed by atoms with van der Waals surface area (Å²) >= 11 is 0. The SMILES string of the molecule is CCCCCNc1cccc2c(O)cccc12. The summed E-state index contributed by atoms with van der Waals surface area (Å²) in [7, 11) is 0. The second-order valence-electron chi connectivity index (χ2n) is 4.31. The highest BCUT2D eigenvalue weighted by atomic mass is 16.3. The van der Waals surface area contributed by atoms with Crippen LogP contribution in [0.3, 0.4) is 0 Å². The van der Waals surface area contributed by atoms with Crippen LogP contribution in [0.1, 0.15) is 26.2 Å². The van der Waals surface area contributed by atoms with Crippen molar-refractivity contribution in [1.29, 1.82) is 0 Å². The number of hydrogen-bond donors (Lipinski definition) is 2. The van der Waals surface area contributed by atoms with E-state index in [1.807, 2.05) is 24.3 Å². The lowest BCUT2D eigenvalue weighted by atomic mass is 10.1. The number of phenols is 1. The van der Waals surface area contributed by atoms with Crippen LogP contribution < -0.4 is 5.32 Å². The monoisotopic (exact) mass is 229 g/mol. The van der Waals surface area contributed by atoms with Crippen molar-refractivity contribution in [3.63, 3.8) is 0 Å². The second-order valence-corrected chi connectivity index (χ2v) is 4.31. The van der Waals surface area contributed by atoms with Crippen LogP contribution in [0.5, 0.6) is 5.75 Å². The van der Waals surface area contributed by atoms with Crippen molar-refractivity contribution >= 4 is 16.5 Å². The van der Waals surface area contributed by atoms with Gasteiger partial charge in [-0.15, -0.1) is 0 Å². The van der Waals surface area contributed by atoms with Crippen molar-refractivity contribution in [2.24, 2.45) is 0 Å². The average Bonchev–Trinajstić information content (AvgIpc) is 2.36. The van der Waals surface area contributed by atoms with Gasteiger partial charge in [0.25, 0.3) is 0 Å². The Morgan fingerprint density at radius 3 is 2.59 bits per heavy atom. The fraction of sp³-hybridized carbons (Fsp3) is 0.333. The van der Waals surface area contributed by atoms with Gasteiger partial charge in [-0.1, -0.05) is 44.0 Å².